The van der Waals surface area contributed by atoms with E-state index >= 15 is 0 Å². The van der Waals surface area contributed by atoms with Gasteiger partial charge in [0.1, 0.15) is 0 Å². The van der Waals surface area contributed by atoms with Crippen LogP contribution in [0.25, 0.3) is 0 Å². The van der Waals surface area contributed by atoms with Gasteiger partial charge in [0.05, 0.1) is 0 Å². The van der Waals surface area contributed by atoms with Gasteiger partial charge in [-0.25, -0.2) is 0 Å². The molecule has 0 fully saturated rings. The number of hydrogen-bond acceptors (Lipinski definition) is 0. The summed E-state index contributed by atoms with van der Waals surface area (Å²) in [5.41, 5.74) is 4.27. The SMILES string of the molecule is C=C=C(C/C=C/C)CC/C=C/C. The molecule has 0 bridgehead atoms. The fourth-order valence-electron chi connectivity index (χ4n) is 0.947. The van der Waals surface area contributed by atoms with E-state index in [9.17, 15) is 0 Å². The van der Waals surface area contributed by atoms with Crippen molar-refractivity contribution in [3.05, 3.63) is 42.2 Å². The lowest BCUT2D eigenvalue weighted by molar-refractivity contribution is 0.942. The molecule has 0 aliphatic rings. The van der Waals surface area contributed by atoms with Crippen LogP contribution in [0.5, 0.6) is 0 Å². The highest BCUT2D eigenvalue weighted by molar-refractivity contribution is 5.06. The van der Waals surface area contributed by atoms with Gasteiger partial charge < -0.3 is 0 Å². The minimum Gasteiger partial charge on any atom is -0.129 e. The van der Waals surface area contributed by atoms with Crippen LogP contribution in [-0.2, 0) is 0 Å². The van der Waals surface area contributed by atoms with E-state index in [-0.39, 0.29) is 0 Å². The molecular weight excluding hydrogens is 144 g/mol. The first-order valence-electron chi connectivity index (χ1n) is 4.45. The van der Waals surface area contributed by atoms with Crippen molar-refractivity contribution in [1.29, 1.82) is 0 Å². The normalized spacial score (nSPS) is 10.8. The van der Waals surface area contributed by atoms with E-state index in [2.05, 4.69) is 36.6 Å². The van der Waals surface area contributed by atoms with E-state index in [4.69, 9.17) is 0 Å². The fourth-order valence-corrected chi connectivity index (χ4v) is 0.947. The standard InChI is InChI=1S/C12H18/c1-4-7-9-11-12(6-3)10-8-5-2/h4-5,7-8H,3,9-11H2,1-2H3/b7-4+,8-5+. The summed E-state index contributed by atoms with van der Waals surface area (Å²) in [6.45, 7) is 7.75. The Labute approximate surface area is 76.0 Å². The molecule has 0 heteroatoms. The first kappa shape index (κ1) is 11.0. The zero-order valence-electron chi connectivity index (χ0n) is 8.14. The second-order valence-corrected chi connectivity index (χ2v) is 2.66. The molecule has 0 aromatic carbocycles. The summed E-state index contributed by atoms with van der Waals surface area (Å²) in [4.78, 5) is 0. The Balaban J connectivity index is 3.77. The van der Waals surface area contributed by atoms with Crippen LogP contribution in [0.1, 0.15) is 33.1 Å². The molecule has 0 saturated carbocycles. The van der Waals surface area contributed by atoms with Crippen molar-refractivity contribution in [3.63, 3.8) is 0 Å². The first-order valence-corrected chi connectivity index (χ1v) is 4.45. The summed E-state index contributed by atoms with van der Waals surface area (Å²) >= 11 is 0. The Morgan fingerprint density at radius 2 is 1.92 bits per heavy atom. The van der Waals surface area contributed by atoms with Gasteiger partial charge in [-0.3, -0.25) is 0 Å². The minimum absolute atomic E-state index is 0.998. The minimum atomic E-state index is 0.998. The third-order valence-corrected chi connectivity index (χ3v) is 1.70. The van der Waals surface area contributed by atoms with Crippen LogP contribution in [0, 0.1) is 0 Å². The van der Waals surface area contributed by atoms with Crippen LogP contribution in [0.4, 0.5) is 0 Å². The van der Waals surface area contributed by atoms with Crippen LogP contribution >= 0.6 is 0 Å². The van der Waals surface area contributed by atoms with E-state index in [1.807, 2.05) is 13.8 Å². The van der Waals surface area contributed by atoms with E-state index in [1.54, 1.807) is 0 Å². The van der Waals surface area contributed by atoms with Crippen LogP contribution < -0.4 is 0 Å². The van der Waals surface area contributed by atoms with Gasteiger partial charge in [0.25, 0.3) is 0 Å². The van der Waals surface area contributed by atoms with Crippen molar-refractivity contribution in [1.82, 2.24) is 0 Å². The average molecular weight is 162 g/mol. The highest BCUT2D eigenvalue weighted by Gasteiger charge is 1.90. The molecule has 0 heterocycles. The van der Waals surface area contributed by atoms with Gasteiger partial charge in [0.15, 0.2) is 0 Å². The maximum atomic E-state index is 3.67. The topological polar surface area (TPSA) is 0 Å². The van der Waals surface area contributed by atoms with Gasteiger partial charge >= 0.3 is 0 Å². The zero-order chi connectivity index (χ0) is 9.23. The Kier molecular flexibility index (Phi) is 7.42. The highest BCUT2D eigenvalue weighted by atomic mass is 13.9. The van der Waals surface area contributed by atoms with E-state index in [1.165, 1.54) is 5.57 Å². The average Bonchev–Trinajstić information content (AvgIpc) is 2.11. The molecule has 0 amide bonds. The van der Waals surface area contributed by atoms with Gasteiger partial charge in [0, 0.05) is 0 Å². The molecule has 0 spiro atoms. The highest BCUT2D eigenvalue weighted by Crippen LogP contribution is 2.09. The predicted molar refractivity (Wildman–Crippen MR) is 56.1 cm³/mol. The molecular formula is C12H18. The van der Waals surface area contributed by atoms with Gasteiger partial charge in [-0.15, -0.1) is 5.73 Å². The second-order valence-electron chi connectivity index (χ2n) is 2.66. The smallest absolute Gasteiger partial charge is 0.00627 e. The van der Waals surface area contributed by atoms with Gasteiger partial charge in [-0.1, -0.05) is 30.9 Å². The number of rotatable bonds is 5. The van der Waals surface area contributed by atoms with Crippen molar-refractivity contribution >= 4 is 0 Å². The number of allylic oxidation sites excluding steroid dienone is 5. The molecule has 0 nitrogen and oxygen atoms in total. The maximum Gasteiger partial charge on any atom is -0.00627 e. The summed E-state index contributed by atoms with van der Waals surface area (Å²) < 4.78 is 0. The Morgan fingerprint density at radius 3 is 2.42 bits per heavy atom. The second kappa shape index (κ2) is 8.10. The molecule has 0 atom stereocenters. The third kappa shape index (κ3) is 5.76. The number of hydrogen-bond donors (Lipinski definition) is 0. The molecule has 0 aliphatic heterocycles. The quantitative estimate of drug-likeness (QED) is 0.423. The summed E-state index contributed by atoms with van der Waals surface area (Å²) in [6.07, 6.45) is 11.6. The molecule has 0 saturated heterocycles. The molecule has 0 aromatic rings. The van der Waals surface area contributed by atoms with Gasteiger partial charge in [-0.2, -0.15) is 0 Å². The Bertz CT molecular complexity index is 200. The zero-order valence-corrected chi connectivity index (χ0v) is 8.14. The van der Waals surface area contributed by atoms with Crippen molar-refractivity contribution in [2.24, 2.45) is 0 Å². The largest absolute Gasteiger partial charge is 0.129 e. The van der Waals surface area contributed by atoms with Crippen LogP contribution in [0.3, 0.4) is 0 Å². The van der Waals surface area contributed by atoms with Crippen LogP contribution in [0.15, 0.2) is 42.2 Å². The predicted octanol–water partition coefficient (Wildman–Crippen LogP) is 4.02. The van der Waals surface area contributed by atoms with Crippen molar-refractivity contribution in [3.8, 4) is 0 Å². The lowest BCUT2D eigenvalue weighted by atomic mass is 10.1. The monoisotopic (exact) mass is 162 g/mol. The van der Waals surface area contributed by atoms with Gasteiger partial charge in [-0.05, 0) is 38.7 Å². The molecule has 0 rings (SSSR count). The summed E-state index contributed by atoms with van der Waals surface area (Å²) in [6, 6.07) is 0. The third-order valence-electron chi connectivity index (χ3n) is 1.70. The molecule has 66 valence electrons. The van der Waals surface area contributed by atoms with Crippen LogP contribution in [-0.4, -0.2) is 0 Å². The van der Waals surface area contributed by atoms with Gasteiger partial charge in [0.2, 0.25) is 0 Å². The summed E-state index contributed by atoms with van der Waals surface area (Å²) in [5.74, 6) is 0. The Hall–Kier alpha value is -1.00. The summed E-state index contributed by atoms with van der Waals surface area (Å²) in [5, 5.41) is 0. The fraction of sp³-hybridized carbons (Fsp3) is 0.417. The molecule has 0 aliphatic carbocycles. The van der Waals surface area contributed by atoms with E-state index in [0.717, 1.165) is 19.3 Å². The molecule has 0 unspecified atom stereocenters. The molecule has 12 heavy (non-hydrogen) atoms. The van der Waals surface area contributed by atoms with E-state index in [0.29, 0.717) is 0 Å². The van der Waals surface area contributed by atoms with Crippen LogP contribution in [0.2, 0.25) is 0 Å². The maximum absolute atomic E-state index is 3.67. The Morgan fingerprint density at radius 1 is 1.25 bits per heavy atom. The van der Waals surface area contributed by atoms with Crippen molar-refractivity contribution in [2.45, 2.75) is 33.1 Å². The molecule has 0 radical (unpaired) electrons. The van der Waals surface area contributed by atoms with Crippen molar-refractivity contribution in [2.75, 3.05) is 0 Å². The first-order chi connectivity index (χ1) is 5.85. The van der Waals surface area contributed by atoms with Crippen molar-refractivity contribution < 1.29 is 0 Å². The van der Waals surface area contributed by atoms with E-state index < -0.39 is 0 Å². The molecule has 0 aromatic heterocycles. The molecule has 0 N–H and O–H groups in total. The lowest BCUT2D eigenvalue weighted by Crippen LogP contribution is -1.78. The lowest BCUT2D eigenvalue weighted by Gasteiger charge is -1.97. The summed E-state index contributed by atoms with van der Waals surface area (Å²) in [7, 11) is 0.